The summed E-state index contributed by atoms with van der Waals surface area (Å²) in [6, 6.07) is 7.66. The van der Waals surface area contributed by atoms with Gasteiger partial charge < -0.3 is 10.4 Å². The van der Waals surface area contributed by atoms with Crippen LogP contribution in [0.5, 0.6) is 0 Å². The van der Waals surface area contributed by atoms with Crippen molar-refractivity contribution in [1.82, 2.24) is 5.32 Å². The van der Waals surface area contributed by atoms with E-state index in [0.717, 1.165) is 10.1 Å². The van der Waals surface area contributed by atoms with Crippen molar-refractivity contribution < 1.29 is 9.90 Å². The number of nitrogens with one attached hydrogen (secondary N) is 1. The number of hydrogen-bond donors (Lipinski definition) is 2. The van der Waals surface area contributed by atoms with Crippen LogP contribution in [0.2, 0.25) is 5.02 Å². The van der Waals surface area contributed by atoms with Crippen LogP contribution in [0.1, 0.15) is 16.1 Å². The molecular formula is C12H12ClNO2S. The number of aliphatic hydroxyl groups is 1. The highest BCUT2D eigenvalue weighted by Gasteiger charge is 2.15. The van der Waals surface area contributed by atoms with E-state index >= 15 is 0 Å². The number of thiophene rings is 1. The molecule has 0 bridgehead atoms. The van der Waals surface area contributed by atoms with Crippen LogP contribution in [0.25, 0.3) is 10.1 Å². The van der Waals surface area contributed by atoms with E-state index in [-0.39, 0.29) is 12.5 Å². The Hall–Kier alpha value is -1.10. The number of aliphatic hydroxyl groups excluding tert-OH is 1. The zero-order valence-electron chi connectivity index (χ0n) is 9.07. The fourth-order valence-corrected chi connectivity index (χ4v) is 2.95. The Balaban J connectivity index is 2.23. The fourth-order valence-electron chi connectivity index (χ4n) is 1.52. The Labute approximate surface area is 108 Å². The van der Waals surface area contributed by atoms with Gasteiger partial charge in [-0.1, -0.05) is 29.8 Å². The van der Waals surface area contributed by atoms with Crippen LogP contribution in [0.4, 0.5) is 0 Å². The maximum absolute atomic E-state index is 11.8. The van der Waals surface area contributed by atoms with Crippen LogP contribution >= 0.6 is 22.9 Å². The average molecular weight is 270 g/mol. The smallest absolute Gasteiger partial charge is 0.262 e. The number of fused-ring (bicyclic) bond motifs is 1. The van der Waals surface area contributed by atoms with E-state index in [0.29, 0.717) is 22.9 Å². The van der Waals surface area contributed by atoms with Crippen LogP contribution in [0, 0.1) is 0 Å². The Morgan fingerprint density at radius 2 is 2.18 bits per heavy atom. The molecule has 1 aromatic heterocycles. The van der Waals surface area contributed by atoms with Crippen LogP contribution in [-0.2, 0) is 0 Å². The molecule has 3 nitrogen and oxygen atoms in total. The van der Waals surface area contributed by atoms with Gasteiger partial charge in [0.1, 0.15) is 4.88 Å². The summed E-state index contributed by atoms with van der Waals surface area (Å²) in [4.78, 5) is 12.4. The van der Waals surface area contributed by atoms with Crippen molar-refractivity contribution >= 4 is 38.9 Å². The summed E-state index contributed by atoms with van der Waals surface area (Å²) < 4.78 is 1.00. The molecule has 0 spiro atoms. The van der Waals surface area contributed by atoms with Crippen LogP contribution in [0.15, 0.2) is 24.3 Å². The number of carbonyl (C=O) groups excluding carboxylic acids is 1. The third-order valence-corrected chi connectivity index (χ3v) is 4.04. The van der Waals surface area contributed by atoms with Gasteiger partial charge in [0.25, 0.3) is 5.91 Å². The van der Waals surface area contributed by atoms with E-state index in [4.69, 9.17) is 16.7 Å². The molecule has 1 aromatic carbocycles. The minimum absolute atomic E-state index is 0.0699. The largest absolute Gasteiger partial charge is 0.396 e. The first-order valence-electron chi connectivity index (χ1n) is 5.30. The molecule has 0 aliphatic heterocycles. The van der Waals surface area contributed by atoms with Crippen molar-refractivity contribution in [3.8, 4) is 0 Å². The molecule has 0 saturated heterocycles. The lowest BCUT2D eigenvalue weighted by molar-refractivity contribution is 0.0955. The predicted molar refractivity (Wildman–Crippen MR) is 70.9 cm³/mol. The first-order chi connectivity index (χ1) is 8.24. The van der Waals surface area contributed by atoms with Crippen molar-refractivity contribution in [3.05, 3.63) is 34.2 Å². The molecular weight excluding hydrogens is 258 g/mol. The minimum atomic E-state index is -0.176. The van der Waals surface area contributed by atoms with Crippen molar-refractivity contribution in [2.75, 3.05) is 13.2 Å². The van der Waals surface area contributed by atoms with Gasteiger partial charge in [0.2, 0.25) is 0 Å². The Kier molecular flexibility index (Phi) is 3.99. The molecule has 2 N–H and O–H groups in total. The molecule has 0 saturated carbocycles. The van der Waals surface area contributed by atoms with Gasteiger partial charge in [0.05, 0.1) is 5.02 Å². The van der Waals surface area contributed by atoms with Gasteiger partial charge in [-0.15, -0.1) is 11.3 Å². The van der Waals surface area contributed by atoms with E-state index in [9.17, 15) is 4.79 Å². The highest BCUT2D eigenvalue weighted by molar-refractivity contribution is 7.21. The van der Waals surface area contributed by atoms with Gasteiger partial charge >= 0.3 is 0 Å². The lowest BCUT2D eigenvalue weighted by Crippen LogP contribution is -2.24. The standard InChI is InChI=1S/C12H12ClNO2S/c13-10-8-4-1-2-5-9(8)17-11(10)12(16)14-6-3-7-15/h1-2,4-5,15H,3,6-7H2,(H,14,16). The molecule has 90 valence electrons. The van der Waals surface area contributed by atoms with Crippen LogP contribution in [-0.4, -0.2) is 24.2 Å². The SMILES string of the molecule is O=C(NCCCO)c1sc2ccccc2c1Cl. The second-order valence-corrected chi connectivity index (χ2v) is 5.00. The van der Waals surface area contributed by atoms with Gasteiger partial charge in [-0.2, -0.15) is 0 Å². The summed E-state index contributed by atoms with van der Waals surface area (Å²) in [5.74, 6) is -0.176. The van der Waals surface area contributed by atoms with E-state index in [2.05, 4.69) is 5.32 Å². The van der Waals surface area contributed by atoms with Crippen molar-refractivity contribution in [1.29, 1.82) is 0 Å². The zero-order valence-corrected chi connectivity index (χ0v) is 10.6. The molecule has 2 aromatic rings. The molecule has 2 rings (SSSR count). The third-order valence-electron chi connectivity index (χ3n) is 2.36. The van der Waals surface area contributed by atoms with E-state index in [1.165, 1.54) is 11.3 Å². The predicted octanol–water partition coefficient (Wildman–Crippen LogP) is 2.67. The molecule has 0 unspecified atom stereocenters. The molecule has 5 heteroatoms. The lowest BCUT2D eigenvalue weighted by Gasteiger charge is -2.01. The Bertz CT molecular complexity index is 538. The molecule has 0 radical (unpaired) electrons. The first-order valence-corrected chi connectivity index (χ1v) is 6.49. The highest BCUT2D eigenvalue weighted by atomic mass is 35.5. The lowest BCUT2D eigenvalue weighted by atomic mass is 10.2. The molecule has 0 fully saturated rings. The number of benzene rings is 1. The zero-order chi connectivity index (χ0) is 12.3. The van der Waals surface area contributed by atoms with Crippen LogP contribution in [0.3, 0.4) is 0 Å². The second-order valence-electron chi connectivity index (χ2n) is 3.57. The van der Waals surface area contributed by atoms with Gasteiger partial charge in [-0.05, 0) is 12.5 Å². The summed E-state index contributed by atoms with van der Waals surface area (Å²) in [5.41, 5.74) is 0. The number of hydrogen-bond acceptors (Lipinski definition) is 3. The average Bonchev–Trinajstić information content (AvgIpc) is 2.68. The Morgan fingerprint density at radius 1 is 1.41 bits per heavy atom. The number of amides is 1. The summed E-state index contributed by atoms with van der Waals surface area (Å²) in [6.45, 7) is 0.528. The molecule has 0 aliphatic carbocycles. The van der Waals surface area contributed by atoms with Gasteiger partial charge in [0.15, 0.2) is 0 Å². The van der Waals surface area contributed by atoms with Gasteiger partial charge in [-0.3, -0.25) is 4.79 Å². The first kappa shape index (κ1) is 12.4. The van der Waals surface area contributed by atoms with Gasteiger partial charge in [-0.25, -0.2) is 0 Å². The molecule has 17 heavy (non-hydrogen) atoms. The summed E-state index contributed by atoms with van der Waals surface area (Å²) in [5, 5.41) is 12.8. The van der Waals surface area contributed by atoms with Crippen molar-refractivity contribution in [3.63, 3.8) is 0 Å². The Morgan fingerprint density at radius 3 is 2.88 bits per heavy atom. The monoisotopic (exact) mass is 269 g/mol. The summed E-state index contributed by atoms with van der Waals surface area (Å²) in [7, 11) is 0. The van der Waals surface area contributed by atoms with E-state index in [1.54, 1.807) is 0 Å². The van der Waals surface area contributed by atoms with Crippen molar-refractivity contribution in [2.24, 2.45) is 0 Å². The minimum Gasteiger partial charge on any atom is -0.396 e. The molecule has 0 atom stereocenters. The molecule has 1 heterocycles. The number of halogens is 1. The highest BCUT2D eigenvalue weighted by Crippen LogP contribution is 2.34. The maximum Gasteiger partial charge on any atom is 0.262 e. The number of rotatable bonds is 4. The summed E-state index contributed by atoms with van der Waals surface area (Å²) in [6.07, 6.45) is 0.550. The quantitative estimate of drug-likeness (QED) is 0.839. The second kappa shape index (κ2) is 5.49. The normalized spacial score (nSPS) is 10.7. The topological polar surface area (TPSA) is 49.3 Å². The van der Waals surface area contributed by atoms with E-state index in [1.807, 2.05) is 24.3 Å². The molecule has 1 amide bonds. The maximum atomic E-state index is 11.8. The summed E-state index contributed by atoms with van der Waals surface area (Å²) >= 11 is 7.55. The molecule has 0 aliphatic rings. The fraction of sp³-hybridized carbons (Fsp3) is 0.250. The third kappa shape index (κ3) is 2.60. The number of carbonyl (C=O) groups is 1. The van der Waals surface area contributed by atoms with Crippen molar-refractivity contribution in [2.45, 2.75) is 6.42 Å². The van der Waals surface area contributed by atoms with Crippen LogP contribution < -0.4 is 5.32 Å². The van der Waals surface area contributed by atoms with E-state index < -0.39 is 0 Å². The van der Waals surface area contributed by atoms with Gasteiger partial charge in [0, 0.05) is 23.2 Å².